The zero-order valence-electron chi connectivity index (χ0n) is 18.1. The minimum Gasteiger partial charge on any atom is -0.466 e. The van der Waals surface area contributed by atoms with Gasteiger partial charge in [0.05, 0.1) is 39.4 Å². The molecule has 1 saturated heterocycles. The predicted molar refractivity (Wildman–Crippen MR) is 105 cm³/mol. The number of quaternary nitrogens is 1. The maximum absolute atomic E-state index is 13.0. The van der Waals surface area contributed by atoms with E-state index in [0.29, 0.717) is 6.42 Å². The molecule has 6 amide bonds. The Bertz CT molecular complexity index is 733. The summed E-state index contributed by atoms with van der Waals surface area (Å²) in [5.41, 5.74) is 0. The summed E-state index contributed by atoms with van der Waals surface area (Å²) in [6.45, 7) is 3.67. The van der Waals surface area contributed by atoms with Crippen LogP contribution >= 0.6 is 0 Å². The highest BCUT2D eigenvalue weighted by Crippen LogP contribution is 2.24. The van der Waals surface area contributed by atoms with Gasteiger partial charge < -0.3 is 19.7 Å². The Labute approximate surface area is 180 Å². The number of hydrogen-bond donors (Lipinski definition) is 2. The lowest BCUT2D eigenvalue weighted by Crippen LogP contribution is -2.74. The van der Waals surface area contributed by atoms with E-state index in [1.165, 1.54) is 0 Å². The van der Waals surface area contributed by atoms with E-state index in [2.05, 4.69) is 4.74 Å². The lowest BCUT2D eigenvalue weighted by Gasteiger charge is -2.43. The summed E-state index contributed by atoms with van der Waals surface area (Å²) in [4.78, 5) is 62.8. The molecule has 12 heteroatoms. The van der Waals surface area contributed by atoms with Crippen molar-refractivity contribution in [3.05, 3.63) is 12.2 Å². The monoisotopic (exact) mass is 444 g/mol. The largest absolute Gasteiger partial charge is 0.466 e. The van der Waals surface area contributed by atoms with Crippen LogP contribution in [-0.4, -0.2) is 107 Å². The van der Waals surface area contributed by atoms with Gasteiger partial charge in [0, 0.05) is 12.2 Å². The molecule has 0 spiro atoms. The number of imide groups is 3. The topological polar surface area (TPSA) is 151 Å². The quantitative estimate of drug-likeness (QED) is 0.259. The predicted octanol–water partition coefficient (Wildman–Crippen LogP) is 0.225. The Morgan fingerprint density at radius 3 is 1.87 bits per heavy atom. The van der Waals surface area contributed by atoms with E-state index < -0.39 is 59.9 Å². The summed E-state index contributed by atoms with van der Waals surface area (Å²) in [6.07, 6.45) is -0.473. The first kappa shape index (κ1) is 26.2. The Hall–Kier alpha value is -2.83. The van der Waals surface area contributed by atoms with Crippen LogP contribution < -0.4 is 0 Å². The molecule has 1 aliphatic rings. The molecule has 2 atom stereocenters. The van der Waals surface area contributed by atoms with Gasteiger partial charge in [-0.3, -0.25) is 0 Å². The summed E-state index contributed by atoms with van der Waals surface area (Å²) in [6, 6.07) is -2.51. The zero-order chi connectivity index (χ0) is 23.8. The second-order valence-electron chi connectivity index (χ2n) is 6.87. The molecule has 174 valence electrons. The van der Waals surface area contributed by atoms with Crippen molar-refractivity contribution in [2.75, 3.05) is 39.9 Å². The van der Waals surface area contributed by atoms with E-state index in [-0.39, 0.29) is 19.6 Å². The van der Waals surface area contributed by atoms with Crippen LogP contribution in [0.2, 0.25) is 0 Å². The lowest BCUT2D eigenvalue weighted by atomic mass is 10.2. The van der Waals surface area contributed by atoms with Gasteiger partial charge in [0.1, 0.15) is 12.7 Å². The maximum atomic E-state index is 13.0. The third kappa shape index (κ3) is 6.09. The number of aliphatic hydroxyl groups excluding tert-OH is 2. The van der Waals surface area contributed by atoms with Crippen molar-refractivity contribution >= 4 is 30.0 Å². The van der Waals surface area contributed by atoms with Gasteiger partial charge in [-0.15, -0.1) is 0 Å². The van der Waals surface area contributed by atoms with Gasteiger partial charge >= 0.3 is 30.0 Å². The van der Waals surface area contributed by atoms with Gasteiger partial charge in [-0.25, -0.2) is 33.8 Å². The van der Waals surface area contributed by atoms with Crippen molar-refractivity contribution in [1.82, 2.24) is 9.80 Å². The molecule has 0 radical (unpaired) electrons. The van der Waals surface area contributed by atoms with E-state index in [0.717, 1.165) is 29.1 Å². The third-order valence-electron chi connectivity index (χ3n) is 4.97. The second-order valence-corrected chi connectivity index (χ2v) is 6.87. The van der Waals surface area contributed by atoms with Crippen LogP contribution in [0.3, 0.4) is 0 Å². The summed E-state index contributed by atoms with van der Waals surface area (Å²) in [5.74, 6) is -1.70. The fourth-order valence-electron chi connectivity index (χ4n) is 2.96. The van der Waals surface area contributed by atoms with Crippen molar-refractivity contribution in [3.8, 4) is 0 Å². The Morgan fingerprint density at radius 1 is 0.935 bits per heavy atom. The number of amides is 6. The Kier molecular flexibility index (Phi) is 9.75. The van der Waals surface area contributed by atoms with Gasteiger partial charge in [-0.05, 0) is 20.3 Å². The lowest BCUT2D eigenvalue weighted by molar-refractivity contribution is -0.773. The zero-order valence-corrected chi connectivity index (χ0v) is 18.1. The number of carbonyl (C=O) groups excluding carboxylic acids is 5. The van der Waals surface area contributed by atoms with Crippen molar-refractivity contribution in [2.45, 2.75) is 39.4 Å². The molecule has 0 aromatic rings. The van der Waals surface area contributed by atoms with Crippen LogP contribution in [0.4, 0.5) is 14.4 Å². The first-order valence-electron chi connectivity index (χ1n) is 9.91. The molecule has 12 nitrogen and oxygen atoms in total. The molecule has 0 aliphatic carbocycles. The summed E-state index contributed by atoms with van der Waals surface area (Å²) in [7, 11) is 1.13. The SMILES string of the molecule is CCC(O)CN1C(=O)N(CC(O)COC(=O)/C=C\C(=O)OC)C(=O)[N+](CC)(CC)C1=O. The normalized spacial score (nSPS) is 18.3. The summed E-state index contributed by atoms with van der Waals surface area (Å²) in [5, 5.41) is 20.2. The van der Waals surface area contributed by atoms with E-state index in [4.69, 9.17) is 4.74 Å². The number of aliphatic hydroxyl groups is 2. The number of nitrogens with zero attached hydrogens (tertiary/aromatic N) is 3. The van der Waals surface area contributed by atoms with Crippen molar-refractivity contribution < 1.29 is 48.1 Å². The van der Waals surface area contributed by atoms with Crippen molar-refractivity contribution in [1.29, 1.82) is 0 Å². The molecule has 1 heterocycles. The smallest absolute Gasteiger partial charge is 0.436 e. The molecular weight excluding hydrogens is 414 g/mol. The van der Waals surface area contributed by atoms with E-state index in [1.807, 2.05) is 0 Å². The van der Waals surface area contributed by atoms with Crippen LogP contribution in [0.5, 0.6) is 0 Å². The molecule has 0 aromatic carbocycles. The fraction of sp³-hybridized carbons (Fsp3) is 0.632. The minimum atomic E-state index is -1.44. The van der Waals surface area contributed by atoms with Gasteiger partial charge in [-0.2, -0.15) is 4.48 Å². The number of rotatable bonds is 11. The second kappa shape index (κ2) is 11.5. The average Bonchev–Trinajstić information content (AvgIpc) is 2.77. The standard InChI is InChI=1S/C19H30N3O9/c1-5-13(23)10-20-17(27)21(19(29)22(6-2,7-3)18(20)28)11-14(24)12-31-16(26)9-8-15(25)30-4/h8-9,13-14,23-24H,5-7,10-12H2,1-4H3/q+1/b9-8-. The molecular formula is C19H30N3O9+. The summed E-state index contributed by atoms with van der Waals surface area (Å²) < 4.78 is 8.43. The van der Waals surface area contributed by atoms with Gasteiger partial charge in [0.25, 0.3) is 0 Å². The first-order valence-corrected chi connectivity index (χ1v) is 9.91. The average molecular weight is 444 g/mol. The molecule has 0 saturated carbocycles. The fourth-order valence-corrected chi connectivity index (χ4v) is 2.96. The molecule has 2 unspecified atom stereocenters. The van der Waals surface area contributed by atoms with Crippen molar-refractivity contribution in [2.24, 2.45) is 0 Å². The van der Waals surface area contributed by atoms with Crippen LogP contribution in [-0.2, 0) is 19.1 Å². The molecule has 2 N–H and O–H groups in total. The first-order chi connectivity index (χ1) is 14.6. The minimum absolute atomic E-state index is 0.0695. The number of esters is 2. The molecule has 0 bridgehead atoms. The highest BCUT2D eigenvalue weighted by Gasteiger charge is 2.57. The van der Waals surface area contributed by atoms with Gasteiger partial charge in [-0.1, -0.05) is 6.92 Å². The van der Waals surface area contributed by atoms with E-state index >= 15 is 0 Å². The Balaban J connectivity index is 2.97. The highest BCUT2D eigenvalue weighted by molar-refractivity contribution is 6.06. The number of methoxy groups -OCH3 is 1. The number of hydrogen-bond acceptors (Lipinski definition) is 9. The molecule has 1 aliphatic heterocycles. The number of β-amino-alcohol motifs (C(OH)–C–C–N with tert-alkyl or cyclic N) is 2. The molecule has 1 rings (SSSR count). The van der Waals surface area contributed by atoms with Crippen LogP contribution in [0, 0.1) is 0 Å². The van der Waals surface area contributed by atoms with E-state index in [9.17, 15) is 34.2 Å². The van der Waals surface area contributed by atoms with Gasteiger partial charge in [0.2, 0.25) is 0 Å². The van der Waals surface area contributed by atoms with Crippen LogP contribution in [0.1, 0.15) is 27.2 Å². The van der Waals surface area contributed by atoms with Crippen LogP contribution in [0.25, 0.3) is 0 Å². The van der Waals surface area contributed by atoms with Crippen LogP contribution in [0.15, 0.2) is 12.2 Å². The third-order valence-corrected chi connectivity index (χ3v) is 4.97. The van der Waals surface area contributed by atoms with Crippen molar-refractivity contribution in [3.63, 3.8) is 0 Å². The maximum Gasteiger partial charge on any atom is 0.436 e. The highest BCUT2D eigenvalue weighted by atomic mass is 16.5. The van der Waals surface area contributed by atoms with Gasteiger partial charge in [0.15, 0.2) is 0 Å². The number of carbonyl (C=O) groups is 5. The number of ether oxygens (including phenoxy) is 2. The molecule has 31 heavy (non-hydrogen) atoms. The molecule has 0 aromatic heterocycles. The Morgan fingerprint density at radius 2 is 1.42 bits per heavy atom. The summed E-state index contributed by atoms with van der Waals surface area (Å²) >= 11 is 0. The number of urea groups is 3. The molecule has 1 fully saturated rings. The van der Waals surface area contributed by atoms with E-state index in [1.54, 1.807) is 20.8 Å².